The summed E-state index contributed by atoms with van der Waals surface area (Å²) in [4.78, 5) is 27.2. The molecule has 0 unspecified atom stereocenters. The molecule has 33 heavy (non-hydrogen) atoms. The number of nitrogens with zero attached hydrogens (tertiary/aromatic N) is 4. The van der Waals surface area contributed by atoms with Crippen LogP contribution in [0.3, 0.4) is 0 Å². The molecule has 2 heterocycles. The zero-order chi connectivity index (χ0) is 23.8. The van der Waals surface area contributed by atoms with Gasteiger partial charge < -0.3 is 14.7 Å². The Bertz CT molecular complexity index is 1040. The highest BCUT2D eigenvalue weighted by Gasteiger charge is 2.29. The van der Waals surface area contributed by atoms with Crippen LogP contribution in [0.25, 0.3) is 0 Å². The van der Waals surface area contributed by atoms with E-state index in [4.69, 9.17) is 4.74 Å². The first-order valence-corrected chi connectivity index (χ1v) is 12.6. The quantitative estimate of drug-likeness (QED) is 0.362. The summed E-state index contributed by atoms with van der Waals surface area (Å²) in [5.74, 6) is 0.651. The standard InChI is InChI=1S/C24H30N4O3S2/c1-5-18-14-25-22(26-15-18)28(12-13-31-20-8-6-17(2)7-9-20)11-10-19-16-32-23(27-19)33-24(3,4)21(29)30/h6-9,14-16H,5,10-13H2,1-4H3,(H,29,30). The Labute approximate surface area is 203 Å². The number of aromatic nitrogens is 3. The van der Waals surface area contributed by atoms with Crippen molar-refractivity contribution >= 4 is 35.0 Å². The highest BCUT2D eigenvalue weighted by atomic mass is 32.2. The van der Waals surface area contributed by atoms with Crippen LogP contribution >= 0.6 is 23.1 Å². The molecule has 0 spiro atoms. The van der Waals surface area contributed by atoms with Crippen molar-refractivity contribution in [1.82, 2.24) is 15.0 Å². The molecule has 0 aliphatic rings. The van der Waals surface area contributed by atoms with Crippen molar-refractivity contribution in [3.05, 3.63) is 58.9 Å². The molecule has 0 saturated heterocycles. The number of benzene rings is 1. The van der Waals surface area contributed by atoms with Gasteiger partial charge in [-0.2, -0.15) is 0 Å². The van der Waals surface area contributed by atoms with Crippen molar-refractivity contribution in [2.75, 3.05) is 24.6 Å². The summed E-state index contributed by atoms with van der Waals surface area (Å²) in [6, 6.07) is 8.00. The highest BCUT2D eigenvalue weighted by molar-refractivity contribution is 8.02. The van der Waals surface area contributed by atoms with Gasteiger partial charge in [-0.05, 0) is 44.9 Å². The van der Waals surface area contributed by atoms with Gasteiger partial charge in [0.15, 0.2) is 4.34 Å². The molecule has 7 nitrogen and oxygen atoms in total. The molecule has 3 aromatic rings. The van der Waals surface area contributed by atoms with Crippen molar-refractivity contribution in [2.24, 2.45) is 0 Å². The lowest BCUT2D eigenvalue weighted by Crippen LogP contribution is -2.32. The van der Waals surface area contributed by atoms with Gasteiger partial charge in [0.25, 0.3) is 0 Å². The monoisotopic (exact) mass is 486 g/mol. The number of carbonyl (C=O) groups is 1. The van der Waals surface area contributed by atoms with Crippen molar-refractivity contribution in [3.63, 3.8) is 0 Å². The summed E-state index contributed by atoms with van der Waals surface area (Å²) < 4.78 is 5.77. The minimum atomic E-state index is -0.913. The Morgan fingerprint density at radius 2 is 1.88 bits per heavy atom. The molecular weight excluding hydrogens is 456 g/mol. The van der Waals surface area contributed by atoms with Crippen molar-refractivity contribution < 1.29 is 14.6 Å². The van der Waals surface area contributed by atoms with Crippen LogP contribution < -0.4 is 9.64 Å². The number of rotatable bonds is 12. The average Bonchev–Trinajstić information content (AvgIpc) is 3.24. The molecule has 0 amide bonds. The van der Waals surface area contributed by atoms with Crippen LogP contribution in [0.5, 0.6) is 5.75 Å². The zero-order valence-electron chi connectivity index (χ0n) is 19.4. The van der Waals surface area contributed by atoms with E-state index in [1.165, 1.54) is 28.7 Å². The number of aliphatic carboxylic acids is 1. The topological polar surface area (TPSA) is 88.4 Å². The van der Waals surface area contributed by atoms with E-state index in [-0.39, 0.29) is 0 Å². The fraction of sp³-hybridized carbons (Fsp3) is 0.417. The second-order valence-electron chi connectivity index (χ2n) is 8.17. The number of ether oxygens (including phenoxy) is 1. The first kappa shape index (κ1) is 25.0. The third kappa shape index (κ3) is 7.43. The van der Waals surface area contributed by atoms with Crippen LogP contribution in [0.15, 0.2) is 46.4 Å². The van der Waals surface area contributed by atoms with E-state index < -0.39 is 10.7 Å². The van der Waals surface area contributed by atoms with E-state index in [1.54, 1.807) is 13.8 Å². The van der Waals surface area contributed by atoms with Gasteiger partial charge in [-0.25, -0.2) is 15.0 Å². The number of thioether (sulfide) groups is 1. The Morgan fingerprint density at radius 1 is 1.18 bits per heavy atom. The van der Waals surface area contributed by atoms with Gasteiger partial charge in [-0.15, -0.1) is 11.3 Å². The van der Waals surface area contributed by atoms with Crippen molar-refractivity contribution in [3.8, 4) is 5.75 Å². The van der Waals surface area contributed by atoms with E-state index in [0.29, 0.717) is 32.1 Å². The molecule has 0 aliphatic heterocycles. The zero-order valence-corrected chi connectivity index (χ0v) is 21.1. The molecule has 176 valence electrons. The second-order valence-corrected chi connectivity index (χ2v) is 10.9. The summed E-state index contributed by atoms with van der Waals surface area (Å²) in [7, 11) is 0. The average molecular weight is 487 g/mol. The molecule has 9 heteroatoms. The maximum atomic E-state index is 11.4. The largest absolute Gasteiger partial charge is 0.492 e. The molecule has 2 aromatic heterocycles. The third-order valence-electron chi connectivity index (χ3n) is 5.06. The number of carboxylic acids is 1. The molecule has 3 rings (SSSR count). The Kier molecular flexibility index (Phi) is 8.68. The Hall–Kier alpha value is -2.65. The van der Waals surface area contributed by atoms with Crippen LogP contribution in [0, 0.1) is 6.92 Å². The second kappa shape index (κ2) is 11.5. The predicted octanol–water partition coefficient (Wildman–Crippen LogP) is 4.89. The maximum Gasteiger partial charge on any atom is 0.319 e. The fourth-order valence-corrected chi connectivity index (χ4v) is 5.10. The first-order valence-electron chi connectivity index (χ1n) is 10.9. The van der Waals surface area contributed by atoms with E-state index in [2.05, 4.69) is 26.8 Å². The SMILES string of the molecule is CCc1cnc(N(CCOc2ccc(C)cc2)CCc2csc(SC(C)(C)C(=O)O)n2)nc1. The van der Waals surface area contributed by atoms with Crippen LogP contribution in [0.1, 0.15) is 37.6 Å². The van der Waals surface area contributed by atoms with Gasteiger partial charge >= 0.3 is 5.97 Å². The smallest absolute Gasteiger partial charge is 0.319 e. The van der Waals surface area contributed by atoms with Gasteiger partial charge in [0.1, 0.15) is 17.1 Å². The molecule has 0 aliphatic carbocycles. The van der Waals surface area contributed by atoms with Gasteiger partial charge in [-0.1, -0.05) is 36.4 Å². The molecule has 0 atom stereocenters. The number of hydrogen-bond donors (Lipinski definition) is 1. The van der Waals surface area contributed by atoms with Crippen LogP contribution in [-0.2, 0) is 17.6 Å². The van der Waals surface area contributed by atoms with Crippen LogP contribution in [0.2, 0.25) is 0 Å². The lowest BCUT2D eigenvalue weighted by molar-refractivity contribution is -0.138. The number of hydrogen-bond acceptors (Lipinski definition) is 8. The van der Waals surface area contributed by atoms with Crippen LogP contribution in [-0.4, -0.2) is 50.5 Å². The predicted molar refractivity (Wildman–Crippen MR) is 134 cm³/mol. The summed E-state index contributed by atoms with van der Waals surface area (Å²) >= 11 is 2.75. The van der Waals surface area contributed by atoms with Gasteiger partial charge in [-0.3, -0.25) is 4.79 Å². The van der Waals surface area contributed by atoms with Crippen molar-refractivity contribution in [2.45, 2.75) is 49.6 Å². The van der Waals surface area contributed by atoms with E-state index >= 15 is 0 Å². The summed E-state index contributed by atoms with van der Waals surface area (Å²) in [5.41, 5.74) is 3.22. The van der Waals surface area contributed by atoms with Crippen LogP contribution in [0.4, 0.5) is 5.95 Å². The number of carboxylic acid groups (broad SMARTS) is 1. The lowest BCUT2D eigenvalue weighted by Gasteiger charge is -2.22. The molecule has 0 saturated carbocycles. The molecule has 0 bridgehead atoms. The number of thiazole rings is 1. The molecule has 1 N–H and O–H groups in total. The number of aryl methyl sites for hydroxylation is 2. The van der Waals surface area contributed by atoms with E-state index in [1.807, 2.05) is 49.0 Å². The molecule has 0 fully saturated rings. The fourth-order valence-electron chi connectivity index (χ4n) is 2.88. The minimum Gasteiger partial charge on any atom is -0.492 e. The normalized spacial score (nSPS) is 11.4. The Morgan fingerprint density at radius 3 is 2.52 bits per heavy atom. The van der Waals surface area contributed by atoms with Gasteiger partial charge in [0, 0.05) is 30.7 Å². The van der Waals surface area contributed by atoms with Gasteiger partial charge in [0.2, 0.25) is 5.95 Å². The number of anilines is 1. The first-order chi connectivity index (χ1) is 15.8. The minimum absolute atomic E-state index is 0.507. The molecule has 0 radical (unpaired) electrons. The summed E-state index contributed by atoms with van der Waals surface area (Å²) in [6.07, 6.45) is 5.32. The third-order valence-corrected chi connectivity index (χ3v) is 7.23. The maximum absolute atomic E-state index is 11.4. The van der Waals surface area contributed by atoms with E-state index in [9.17, 15) is 9.90 Å². The summed E-state index contributed by atoms with van der Waals surface area (Å²) in [5, 5.41) is 11.3. The van der Waals surface area contributed by atoms with E-state index in [0.717, 1.165) is 27.8 Å². The van der Waals surface area contributed by atoms with Gasteiger partial charge in [0.05, 0.1) is 12.2 Å². The molecule has 1 aromatic carbocycles. The lowest BCUT2D eigenvalue weighted by atomic mass is 10.2. The highest BCUT2D eigenvalue weighted by Crippen LogP contribution is 2.34. The summed E-state index contributed by atoms with van der Waals surface area (Å²) in [6.45, 7) is 9.33. The Balaban J connectivity index is 1.63. The molecular formula is C24H30N4O3S2. The van der Waals surface area contributed by atoms with Crippen molar-refractivity contribution in [1.29, 1.82) is 0 Å².